The fourth-order valence-electron chi connectivity index (χ4n) is 3.51. The van der Waals surface area contributed by atoms with Crippen LogP contribution in [0, 0.1) is 0 Å². The number of carbonyl (C=O) groups is 1. The third kappa shape index (κ3) is 3.18. The van der Waals surface area contributed by atoms with Crippen LogP contribution < -0.4 is 15.8 Å². The zero-order chi connectivity index (χ0) is 19.0. The molecule has 3 aromatic rings. The third-order valence-electron chi connectivity index (χ3n) is 4.91. The van der Waals surface area contributed by atoms with Crippen molar-refractivity contribution in [3.05, 3.63) is 82.4 Å². The second kappa shape index (κ2) is 7.06. The number of nitrogens with one attached hydrogen (secondary N) is 1. The van der Waals surface area contributed by atoms with E-state index in [1.165, 1.54) is 0 Å². The van der Waals surface area contributed by atoms with Gasteiger partial charge in [-0.2, -0.15) is 0 Å². The molecule has 4 nitrogen and oxygen atoms in total. The minimum Gasteiger partial charge on any atom is -0.496 e. The van der Waals surface area contributed by atoms with Crippen molar-refractivity contribution in [2.45, 2.75) is 12.5 Å². The van der Waals surface area contributed by atoms with Crippen LogP contribution in [0.15, 0.2) is 60.7 Å². The Morgan fingerprint density at radius 2 is 1.74 bits per heavy atom. The van der Waals surface area contributed by atoms with E-state index in [-0.39, 0.29) is 5.91 Å². The number of ether oxygens (including phenoxy) is 1. The van der Waals surface area contributed by atoms with Gasteiger partial charge in [0.05, 0.1) is 13.0 Å². The van der Waals surface area contributed by atoms with Gasteiger partial charge in [0.25, 0.3) is 0 Å². The summed E-state index contributed by atoms with van der Waals surface area (Å²) in [5.74, 6) is 0.123. The van der Waals surface area contributed by atoms with E-state index in [2.05, 4.69) is 5.32 Å². The number of carbonyl (C=O) groups excluding carboxylic acids is 1. The number of amides is 1. The molecule has 136 valence electrons. The lowest BCUT2D eigenvalue weighted by Gasteiger charge is -2.14. The molecule has 3 N–H and O–H groups in total. The van der Waals surface area contributed by atoms with Crippen molar-refractivity contribution < 1.29 is 9.53 Å². The molecule has 0 saturated heterocycles. The second-order valence-corrected chi connectivity index (χ2v) is 6.95. The number of hydrogen-bond acceptors (Lipinski definition) is 3. The predicted octanol–water partition coefficient (Wildman–Crippen LogP) is 4.56. The Labute approximate surface area is 162 Å². The van der Waals surface area contributed by atoms with Gasteiger partial charge in [0, 0.05) is 22.8 Å². The first-order chi connectivity index (χ1) is 13.1. The lowest BCUT2D eigenvalue weighted by atomic mass is 9.90. The molecule has 1 amide bonds. The predicted molar refractivity (Wildman–Crippen MR) is 108 cm³/mol. The molecule has 1 aliphatic rings. The topological polar surface area (TPSA) is 64.3 Å². The van der Waals surface area contributed by atoms with E-state index in [4.69, 9.17) is 22.1 Å². The van der Waals surface area contributed by atoms with Crippen LogP contribution in [-0.2, 0) is 11.3 Å². The Hall–Kier alpha value is -2.82. The van der Waals surface area contributed by atoms with Crippen LogP contribution in [0.5, 0.6) is 5.75 Å². The molecule has 1 unspecified atom stereocenters. The Balaban J connectivity index is 1.75. The van der Waals surface area contributed by atoms with Crippen LogP contribution in [0.4, 0.5) is 5.69 Å². The highest BCUT2D eigenvalue weighted by molar-refractivity contribution is 6.30. The van der Waals surface area contributed by atoms with Crippen LogP contribution in [0.25, 0.3) is 11.1 Å². The van der Waals surface area contributed by atoms with E-state index in [9.17, 15) is 4.79 Å². The number of fused-ring (bicyclic) bond motifs is 1. The highest BCUT2D eigenvalue weighted by atomic mass is 35.5. The third-order valence-corrected chi connectivity index (χ3v) is 5.15. The molecule has 0 aliphatic carbocycles. The zero-order valence-electron chi connectivity index (χ0n) is 14.8. The molecule has 3 aromatic carbocycles. The van der Waals surface area contributed by atoms with E-state index in [0.717, 1.165) is 33.5 Å². The summed E-state index contributed by atoms with van der Waals surface area (Å²) >= 11 is 6.16. The Bertz CT molecular complexity index is 1020. The van der Waals surface area contributed by atoms with Gasteiger partial charge in [0.1, 0.15) is 5.75 Å². The Kier molecular flexibility index (Phi) is 4.60. The first-order valence-electron chi connectivity index (χ1n) is 8.68. The molecule has 4 rings (SSSR count). The molecule has 1 atom stereocenters. The van der Waals surface area contributed by atoms with Gasteiger partial charge in [-0.15, -0.1) is 0 Å². The number of methoxy groups -OCH3 is 1. The highest BCUT2D eigenvalue weighted by Gasteiger charge is 2.34. The molecule has 0 saturated carbocycles. The molecule has 27 heavy (non-hydrogen) atoms. The number of nitrogens with two attached hydrogens (primary N) is 1. The quantitative estimate of drug-likeness (QED) is 0.699. The number of anilines is 1. The van der Waals surface area contributed by atoms with Crippen LogP contribution in [0.3, 0.4) is 0 Å². The molecule has 0 aromatic heterocycles. The summed E-state index contributed by atoms with van der Waals surface area (Å²) in [5.41, 5.74) is 11.4. The SMILES string of the molecule is COc1ccc(Cl)cc1C1C(=O)Nc2cc(-c3ccc(CN)cc3)ccc21. The first kappa shape index (κ1) is 17.6. The second-order valence-electron chi connectivity index (χ2n) is 6.51. The Morgan fingerprint density at radius 3 is 2.44 bits per heavy atom. The minimum absolute atomic E-state index is 0.0822. The standard InChI is InChI=1S/C22H19ClN2O2/c1-27-20-9-7-16(23)11-18(20)21-17-8-6-15(10-19(17)25-22(21)26)14-4-2-13(12-24)3-5-14/h2-11,21H,12,24H2,1H3,(H,25,26). The summed E-state index contributed by atoms with van der Waals surface area (Å²) in [6, 6.07) is 19.5. The lowest BCUT2D eigenvalue weighted by Crippen LogP contribution is -2.14. The zero-order valence-corrected chi connectivity index (χ0v) is 15.6. The molecule has 5 heteroatoms. The molecule has 0 radical (unpaired) electrons. The summed E-state index contributed by atoms with van der Waals surface area (Å²) in [6.45, 7) is 0.518. The van der Waals surface area contributed by atoms with E-state index in [1.807, 2.05) is 42.5 Å². The molecule has 1 heterocycles. The smallest absolute Gasteiger partial charge is 0.236 e. The monoisotopic (exact) mass is 378 g/mol. The average molecular weight is 379 g/mol. The van der Waals surface area contributed by atoms with Crippen LogP contribution >= 0.6 is 11.6 Å². The molecular formula is C22H19ClN2O2. The van der Waals surface area contributed by atoms with Gasteiger partial charge in [-0.3, -0.25) is 4.79 Å². The van der Waals surface area contributed by atoms with Crippen molar-refractivity contribution in [1.82, 2.24) is 0 Å². The van der Waals surface area contributed by atoms with Crippen molar-refractivity contribution in [2.75, 3.05) is 12.4 Å². The molecule has 0 fully saturated rings. The van der Waals surface area contributed by atoms with Crippen LogP contribution in [0.1, 0.15) is 22.6 Å². The maximum Gasteiger partial charge on any atom is 0.236 e. The molecule has 0 bridgehead atoms. The lowest BCUT2D eigenvalue weighted by molar-refractivity contribution is -0.116. The summed E-state index contributed by atoms with van der Waals surface area (Å²) in [7, 11) is 1.59. The summed E-state index contributed by atoms with van der Waals surface area (Å²) in [4.78, 5) is 12.7. The number of benzene rings is 3. The van der Waals surface area contributed by atoms with Gasteiger partial charge < -0.3 is 15.8 Å². The maximum absolute atomic E-state index is 12.7. The van der Waals surface area contributed by atoms with Gasteiger partial charge in [-0.25, -0.2) is 0 Å². The maximum atomic E-state index is 12.7. The summed E-state index contributed by atoms with van der Waals surface area (Å²) in [6.07, 6.45) is 0. The van der Waals surface area contributed by atoms with Gasteiger partial charge in [-0.05, 0) is 46.5 Å². The van der Waals surface area contributed by atoms with E-state index in [1.54, 1.807) is 25.3 Å². The van der Waals surface area contributed by atoms with Gasteiger partial charge in [-0.1, -0.05) is 48.0 Å². The van der Waals surface area contributed by atoms with E-state index >= 15 is 0 Å². The molecular weight excluding hydrogens is 360 g/mol. The minimum atomic E-state index is -0.442. The summed E-state index contributed by atoms with van der Waals surface area (Å²) in [5, 5.41) is 3.56. The molecule has 0 spiro atoms. The van der Waals surface area contributed by atoms with Gasteiger partial charge >= 0.3 is 0 Å². The summed E-state index contributed by atoms with van der Waals surface area (Å²) < 4.78 is 5.44. The normalized spacial score (nSPS) is 15.4. The van der Waals surface area contributed by atoms with Crippen LogP contribution in [0.2, 0.25) is 5.02 Å². The number of rotatable bonds is 4. The van der Waals surface area contributed by atoms with Crippen molar-refractivity contribution >= 4 is 23.2 Å². The Morgan fingerprint density at radius 1 is 1.00 bits per heavy atom. The fraction of sp³-hybridized carbons (Fsp3) is 0.136. The van der Waals surface area contributed by atoms with Crippen molar-refractivity contribution in [1.29, 1.82) is 0 Å². The highest BCUT2D eigenvalue weighted by Crippen LogP contribution is 2.43. The van der Waals surface area contributed by atoms with Crippen molar-refractivity contribution in [3.63, 3.8) is 0 Å². The van der Waals surface area contributed by atoms with Crippen LogP contribution in [-0.4, -0.2) is 13.0 Å². The number of hydrogen-bond donors (Lipinski definition) is 2. The first-order valence-corrected chi connectivity index (χ1v) is 9.06. The van der Waals surface area contributed by atoms with E-state index < -0.39 is 5.92 Å². The largest absolute Gasteiger partial charge is 0.496 e. The average Bonchev–Trinajstić information content (AvgIpc) is 3.02. The van der Waals surface area contributed by atoms with Crippen molar-refractivity contribution in [3.8, 4) is 16.9 Å². The van der Waals surface area contributed by atoms with Gasteiger partial charge in [0.2, 0.25) is 5.91 Å². The number of halogens is 1. The van der Waals surface area contributed by atoms with E-state index in [0.29, 0.717) is 17.3 Å². The van der Waals surface area contributed by atoms with Gasteiger partial charge in [0.15, 0.2) is 0 Å². The molecule has 1 aliphatic heterocycles. The van der Waals surface area contributed by atoms with Crippen molar-refractivity contribution in [2.24, 2.45) is 5.73 Å². The fourth-order valence-corrected chi connectivity index (χ4v) is 3.70.